The second kappa shape index (κ2) is 5.28. The molecule has 3 aromatic rings. The van der Waals surface area contributed by atoms with E-state index in [9.17, 15) is 9.59 Å². The van der Waals surface area contributed by atoms with Gasteiger partial charge in [-0.2, -0.15) is 0 Å². The number of nitrogens with one attached hydrogen (secondary N) is 2. The molecule has 2 N–H and O–H groups in total. The molecule has 5 nitrogen and oxygen atoms in total. The topological polar surface area (TPSA) is 66.9 Å². The van der Waals surface area contributed by atoms with Gasteiger partial charge in [0.25, 0.3) is 11.5 Å². The number of para-hydroxylation sites is 1. The summed E-state index contributed by atoms with van der Waals surface area (Å²) in [6.07, 6.45) is 3.45. The van der Waals surface area contributed by atoms with Crippen LogP contribution in [0.4, 0.5) is 5.69 Å². The zero-order chi connectivity index (χ0) is 14.8. The number of benzene rings is 1. The molecule has 1 aromatic carbocycles. The molecule has 0 atom stereocenters. The Morgan fingerprint density at radius 2 is 2.10 bits per heavy atom. The minimum Gasteiger partial charge on any atom is -0.361 e. The standard InChI is InChI=1S/C16H15N3O2/c1-2-19-10-12(6-7-14(19)20)18-16(21)13-5-3-4-11-8-9-17-15(11)13/h3-10,17H,2H2,1H3,(H,18,21). The lowest BCUT2D eigenvalue weighted by Crippen LogP contribution is -2.19. The number of aromatic nitrogens is 2. The minimum absolute atomic E-state index is 0.0815. The zero-order valence-electron chi connectivity index (χ0n) is 11.6. The van der Waals surface area contributed by atoms with Crippen molar-refractivity contribution in [1.29, 1.82) is 0 Å². The molecule has 0 radical (unpaired) electrons. The van der Waals surface area contributed by atoms with E-state index >= 15 is 0 Å². The Hall–Kier alpha value is -2.82. The fourth-order valence-corrected chi connectivity index (χ4v) is 2.32. The van der Waals surface area contributed by atoms with Crippen molar-refractivity contribution in [3.8, 4) is 0 Å². The molecular weight excluding hydrogens is 266 g/mol. The second-order valence-corrected chi connectivity index (χ2v) is 4.74. The summed E-state index contributed by atoms with van der Waals surface area (Å²) < 4.78 is 1.55. The van der Waals surface area contributed by atoms with Gasteiger partial charge in [-0.15, -0.1) is 0 Å². The van der Waals surface area contributed by atoms with Crippen molar-refractivity contribution < 1.29 is 4.79 Å². The van der Waals surface area contributed by atoms with Gasteiger partial charge in [-0.1, -0.05) is 12.1 Å². The first-order chi connectivity index (χ1) is 10.2. The summed E-state index contributed by atoms with van der Waals surface area (Å²) >= 11 is 0. The van der Waals surface area contributed by atoms with Crippen LogP contribution in [0, 0.1) is 0 Å². The van der Waals surface area contributed by atoms with E-state index in [4.69, 9.17) is 0 Å². The van der Waals surface area contributed by atoms with E-state index in [0.29, 0.717) is 17.8 Å². The molecule has 3 rings (SSSR count). The fourth-order valence-electron chi connectivity index (χ4n) is 2.32. The largest absolute Gasteiger partial charge is 0.361 e. The first kappa shape index (κ1) is 13.2. The van der Waals surface area contributed by atoms with E-state index < -0.39 is 0 Å². The van der Waals surface area contributed by atoms with Crippen LogP contribution in [0.3, 0.4) is 0 Å². The average Bonchev–Trinajstić information content (AvgIpc) is 2.97. The summed E-state index contributed by atoms with van der Waals surface area (Å²) in [4.78, 5) is 27.0. The summed E-state index contributed by atoms with van der Waals surface area (Å²) in [5.74, 6) is -0.204. The van der Waals surface area contributed by atoms with Gasteiger partial charge in [0.2, 0.25) is 0 Å². The quantitative estimate of drug-likeness (QED) is 0.775. The Labute approximate surface area is 121 Å². The van der Waals surface area contributed by atoms with E-state index in [1.165, 1.54) is 6.07 Å². The molecule has 0 aliphatic carbocycles. The van der Waals surface area contributed by atoms with Crippen LogP contribution in [0.25, 0.3) is 10.9 Å². The number of amides is 1. The summed E-state index contributed by atoms with van der Waals surface area (Å²) in [6, 6.07) is 10.5. The first-order valence-electron chi connectivity index (χ1n) is 6.77. The van der Waals surface area contributed by atoms with Crippen LogP contribution >= 0.6 is 0 Å². The Morgan fingerprint density at radius 1 is 1.24 bits per heavy atom. The zero-order valence-corrected chi connectivity index (χ0v) is 11.6. The Morgan fingerprint density at radius 3 is 2.90 bits per heavy atom. The van der Waals surface area contributed by atoms with Gasteiger partial charge in [-0.25, -0.2) is 0 Å². The number of H-pyrrole nitrogens is 1. The molecule has 0 saturated heterocycles. The molecule has 0 aliphatic rings. The third-order valence-corrected chi connectivity index (χ3v) is 3.41. The monoisotopic (exact) mass is 281 g/mol. The van der Waals surface area contributed by atoms with Crippen LogP contribution in [-0.4, -0.2) is 15.5 Å². The lowest BCUT2D eigenvalue weighted by molar-refractivity contribution is 0.102. The molecule has 0 saturated carbocycles. The summed E-state index contributed by atoms with van der Waals surface area (Å²) in [7, 11) is 0. The number of carbonyl (C=O) groups excluding carboxylic acids is 1. The maximum atomic E-state index is 12.4. The summed E-state index contributed by atoms with van der Waals surface area (Å²) in [5, 5.41) is 3.81. The van der Waals surface area contributed by atoms with E-state index in [1.807, 2.05) is 25.1 Å². The third kappa shape index (κ3) is 2.45. The van der Waals surface area contributed by atoms with Gasteiger partial charge in [0.15, 0.2) is 0 Å². The van der Waals surface area contributed by atoms with E-state index in [-0.39, 0.29) is 11.5 Å². The molecule has 1 amide bonds. The summed E-state index contributed by atoms with van der Waals surface area (Å²) in [6.45, 7) is 2.45. The van der Waals surface area contributed by atoms with Crippen LogP contribution in [0.1, 0.15) is 17.3 Å². The molecule has 0 bridgehead atoms. The van der Waals surface area contributed by atoms with Gasteiger partial charge >= 0.3 is 0 Å². The Bertz CT molecular complexity index is 861. The molecule has 5 heteroatoms. The molecule has 2 aromatic heterocycles. The van der Waals surface area contributed by atoms with Crippen LogP contribution in [0.2, 0.25) is 0 Å². The first-order valence-corrected chi connectivity index (χ1v) is 6.77. The number of rotatable bonds is 3. The fraction of sp³-hybridized carbons (Fsp3) is 0.125. The predicted octanol–water partition coefficient (Wildman–Crippen LogP) is 2.60. The highest BCUT2D eigenvalue weighted by molar-refractivity contribution is 6.11. The molecule has 0 aliphatic heterocycles. The number of fused-ring (bicyclic) bond motifs is 1. The normalized spacial score (nSPS) is 10.7. The van der Waals surface area contributed by atoms with Gasteiger partial charge in [0, 0.05) is 30.4 Å². The van der Waals surface area contributed by atoms with Gasteiger partial charge in [-0.3, -0.25) is 9.59 Å². The molecule has 2 heterocycles. The lowest BCUT2D eigenvalue weighted by atomic mass is 10.1. The minimum atomic E-state index is -0.204. The number of hydrogen-bond acceptors (Lipinski definition) is 2. The van der Waals surface area contributed by atoms with Gasteiger partial charge in [0.05, 0.1) is 16.8 Å². The average molecular weight is 281 g/mol. The molecule has 21 heavy (non-hydrogen) atoms. The number of anilines is 1. The number of pyridine rings is 1. The number of nitrogens with zero attached hydrogens (tertiary/aromatic N) is 1. The highest BCUT2D eigenvalue weighted by atomic mass is 16.1. The maximum absolute atomic E-state index is 12.4. The van der Waals surface area contributed by atoms with Crippen molar-refractivity contribution in [2.45, 2.75) is 13.5 Å². The number of hydrogen-bond donors (Lipinski definition) is 2. The summed E-state index contributed by atoms with van der Waals surface area (Å²) in [5.41, 5.74) is 1.90. The van der Waals surface area contributed by atoms with Crippen molar-refractivity contribution in [2.24, 2.45) is 0 Å². The van der Waals surface area contributed by atoms with Crippen LogP contribution < -0.4 is 10.9 Å². The molecule has 106 valence electrons. The van der Waals surface area contributed by atoms with Crippen LogP contribution in [0.15, 0.2) is 53.6 Å². The predicted molar refractivity (Wildman–Crippen MR) is 82.6 cm³/mol. The van der Waals surface area contributed by atoms with Gasteiger partial charge in [-0.05, 0) is 25.1 Å². The third-order valence-electron chi connectivity index (χ3n) is 3.41. The SMILES string of the molecule is CCn1cc(NC(=O)c2cccc3cc[nH]c23)ccc1=O. The van der Waals surface area contributed by atoms with E-state index in [1.54, 1.807) is 29.1 Å². The lowest BCUT2D eigenvalue weighted by Gasteiger charge is -2.08. The Kier molecular flexibility index (Phi) is 3.31. The molecule has 0 fully saturated rings. The number of aryl methyl sites for hydroxylation is 1. The van der Waals surface area contributed by atoms with Crippen LogP contribution in [0.5, 0.6) is 0 Å². The van der Waals surface area contributed by atoms with Gasteiger partial charge in [0.1, 0.15) is 0 Å². The van der Waals surface area contributed by atoms with Crippen LogP contribution in [-0.2, 0) is 6.54 Å². The maximum Gasteiger partial charge on any atom is 0.257 e. The molecular formula is C16H15N3O2. The number of carbonyl (C=O) groups is 1. The molecule has 0 spiro atoms. The van der Waals surface area contributed by atoms with Gasteiger partial charge < -0.3 is 14.9 Å². The molecule has 0 unspecified atom stereocenters. The number of aromatic amines is 1. The van der Waals surface area contributed by atoms with Crippen molar-refractivity contribution in [2.75, 3.05) is 5.32 Å². The van der Waals surface area contributed by atoms with Crippen molar-refractivity contribution in [3.05, 3.63) is 64.7 Å². The second-order valence-electron chi connectivity index (χ2n) is 4.74. The van der Waals surface area contributed by atoms with Crippen molar-refractivity contribution in [1.82, 2.24) is 9.55 Å². The smallest absolute Gasteiger partial charge is 0.257 e. The Balaban J connectivity index is 1.93. The highest BCUT2D eigenvalue weighted by Crippen LogP contribution is 2.18. The van der Waals surface area contributed by atoms with Crippen molar-refractivity contribution >= 4 is 22.5 Å². The van der Waals surface area contributed by atoms with E-state index in [0.717, 1.165) is 10.9 Å². The highest BCUT2D eigenvalue weighted by Gasteiger charge is 2.11. The van der Waals surface area contributed by atoms with E-state index in [2.05, 4.69) is 10.3 Å². The van der Waals surface area contributed by atoms with Crippen molar-refractivity contribution in [3.63, 3.8) is 0 Å².